The number of hydrogen-bond acceptors (Lipinski definition) is 3. The van der Waals surface area contributed by atoms with Gasteiger partial charge in [0.05, 0.1) is 5.92 Å². The van der Waals surface area contributed by atoms with E-state index in [4.69, 9.17) is 5.73 Å². The van der Waals surface area contributed by atoms with Gasteiger partial charge in [-0.2, -0.15) is 11.8 Å². The minimum absolute atomic E-state index is 0.00269. The third-order valence-corrected chi connectivity index (χ3v) is 3.50. The monoisotopic (exact) mass is 264 g/mol. The Kier molecular flexibility index (Phi) is 7.22. The summed E-state index contributed by atoms with van der Waals surface area (Å²) in [7, 11) is 0. The molecule has 1 rings (SSSR count). The smallest absolute Gasteiger partial charge is 0.228 e. The Morgan fingerprint density at radius 2 is 2.17 bits per heavy atom. The Labute approximate surface area is 113 Å². The summed E-state index contributed by atoms with van der Waals surface area (Å²) in [5.41, 5.74) is 6.65. The van der Waals surface area contributed by atoms with Crippen LogP contribution in [-0.2, 0) is 4.79 Å². The quantitative estimate of drug-likeness (QED) is 0.556. The van der Waals surface area contributed by atoms with Crippen LogP contribution >= 0.6 is 11.8 Å². The van der Waals surface area contributed by atoms with Crippen LogP contribution in [0.2, 0.25) is 0 Å². The maximum atomic E-state index is 12.0. The lowest BCUT2D eigenvalue weighted by Gasteiger charge is -2.15. The van der Waals surface area contributed by atoms with Gasteiger partial charge in [-0.25, -0.2) is 0 Å². The van der Waals surface area contributed by atoms with E-state index in [9.17, 15) is 4.79 Å². The minimum atomic E-state index is -0.254. The van der Waals surface area contributed by atoms with Crippen molar-refractivity contribution in [2.75, 3.05) is 24.6 Å². The van der Waals surface area contributed by atoms with E-state index in [0.29, 0.717) is 13.1 Å². The Hall–Kier alpha value is -1.26. The van der Waals surface area contributed by atoms with Crippen LogP contribution in [0.5, 0.6) is 0 Å². The average Bonchev–Trinajstić information content (AvgIpc) is 2.40. The molecule has 18 heavy (non-hydrogen) atoms. The highest BCUT2D eigenvalue weighted by atomic mass is 32.2. The van der Waals surface area contributed by atoms with E-state index in [0.717, 1.165) is 17.1 Å². The van der Waals surface area contributed by atoms with Crippen LogP contribution in [0.1, 0.15) is 11.5 Å². The predicted octanol–water partition coefficient (Wildman–Crippen LogP) is 1.76. The number of nitrogens with one attached hydrogen (secondary N) is 1. The van der Waals surface area contributed by atoms with Crippen molar-refractivity contribution in [2.45, 2.75) is 5.92 Å². The van der Waals surface area contributed by atoms with E-state index in [1.165, 1.54) is 0 Å². The van der Waals surface area contributed by atoms with E-state index in [1.807, 2.05) is 36.4 Å². The van der Waals surface area contributed by atoms with Gasteiger partial charge in [0.1, 0.15) is 0 Å². The number of nitrogens with two attached hydrogens (primary N) is 1. The highest BCUT2D eigenvalue weighted by Gasteiger charge is 2.17. The fraction of sp³-hybridized carbons (Fsp3) is 0.357. The first-order chi connectivity index (χ1) is 8.79. The van der Waals surface area contributed by atoms with Gasteiger partial charge in [0.15, 0.2) is 0 Å². The van der Waals surface area contributed by atoms with Gasteiger partial charge in [-0.05, 0) is 5.56 Å². The summed E-state index contributed by atoms with van der Waals surface area (Å²) in [6.45, 7) is 4.65. The summed E-state index contributed by atoms with van der Waals surface area (Å²) in [6.07, 6.45) is 1.86. The molecule has 1 aromatic carbocycles. The van der Waals surface area contributed by atoms with Crippen molar-refractivity contribution in [1.82, 2.24) is 5.32 Å². The van der Waals surface area contributed by atoms with E-state index < -0.39 is 0 Å². The van der Waals surface area contributed by atoms with Gasteiger partial charge in [0.25, 0.3) is 0 Å². The van der Waals surface area contributed by atoms with Crippen molar-refractivity contribution in [3.63, 3.8) is 0 Å². The average molecular weight is 264 g/mol. The lowest BCUT2D eigenvalue weighted by atomic mass is 9.98. The number of carbonyl (C=O) groups excluding carboxylic acids is 1. The zero-order chi connectivity index (χ0) is 13.2. The molecule has 1 atom stereocenters. The maximum absolute atomic E-state index is 12.0. The molecule has 98 valence electrons. The molecule has 1 amide bonds. The summed E-state index contributed by atoms with van der Waals surface area (Å²) in [4.78, 5) is 12.0. The molecule has 3 nitrogen and oxygen atoms in total. The predicted molar refractivity (Wildman–Crippen MR) is 78.8 cm³/mol. The second-order valence-electron chi connectivity index (χ2n) is 3.85. The summed E-state index contributed by atoms with van der Waals surface area (Å²) >= 11 is 1.75. The number of carbonyl (C=O) groups is 1. The lowest BCUT2D eigenvalue weighted by Crippen LogP contribution is -2.34. The van der Waals surface area contributed by atoms with E-state index in [-0.39, 0.29) is 11.8 Å². The molecule has 0 radical (unpaired) electrons. The van der Waals surface area contributed by atoms with E-state index >= 15 is 0 Å². The molecule has 3 N–H and O–H groups in total. The molecule has 0 saturated heterocycles. The first kappa shape index (κ1) is 14.8. The first-order valence-corrected chi connectivity index (χ1v) is 7.16. The Morgan fingerprint density at radius 1 is 1.44 bits per heavy atom. The topological polar surface area (TPSA) is 55.1 Å². The zero-order valence-electron chi connectivity index (χ0n) is 10.5. The van der Waals surface area contributed by atoms with Crippen LogP contribution in [0.4, 0.5) is 0 Å². The van der Waals surface area contributed by atoms with Gasteiger partial charge in [-0.3, -0.25) is 4.79 Å². The zero-order valence-corrected chi connectivity index (χ0v) is 11.3. The summed E-state index contributed by atoms with van der Waals surface area (Å²) in [5, 5.41) is 2.92. The number of hydrogen-bond donors (Lipinski definition) is 2. The molecule has 0 aromatic heterocycles. The van der Waals surface area contributed by atoms with Gasteiger partial charge in [-0.15, -0.1) is 6.58 Å². The van der Waals surface area contributed by atoms with E-state index in [2.05, 4.69) is 11.9 Å². The molecule has 1 unspecified atom stereocenters. The molecule has 0 aliphatic rings. The molecule has 4 heteroatoms. The molecule has 0 bridgehead atoms. The Balaban J connectivity index is 2.41. The molecule has 0 aliphatic carbocycles. The van der Waals surface area contributed by atoms with Crippen LogP contribution in [0, 0.1) is 0 Å². The molecule has 0 saturated carbocycles. The van der Waals surface area contributed by atoms with Gasteiger partial charge in [-0.1, -0.05) is 36.4 Å². The maximum Gasteiger partial charge on any atom is 0.228 e. The summed E-state index contributed by atoms with van der Waals surface area (Å²) < 4.78 is 0. The summed E-state index contributed by atoms with van der Waals surface area (Å²) in [6, 6.07) is 9.64. The fourth-order valence-corrected chi connectivity index (χ4v) is 2.20. The minimum Gasteiger partial charge on any atom is -0.355 e. The normalized spacial score (nSPS) is 11.8. The molecule has 0 fully saturated rings. The third kappa shape index (κ3) is 4.94. The summed E-state index contributed by atoms with van der Waals surface area (Å²) in [5.74, 6) is 1.55. The number of rotatable bonds is 8. The SMILES string of the molecule is C=CCSCCNC(=O)C(CN)c1ccccc1. The molecular weight excluding hydrogens is 244 g/mol. The van der Waals surface area contributed by atoms with Gasteiger partial charge >= 0.3 is 0 Å². The van der Waals surface area contributed by atoms with Crippen molar-refractivity contribution in [3.05, 3.63) is 48.6 Å². The van der Waals surface area contributed by atoms with Crippen molar-refractivity contribution < 1.29 is 4.79 Å². The van der Waals surface area contributed by atoms with E-state index in [1.54, 1.807) is 11.8 Å². The van der Waals surface area contributed by atoms with Gasteiger partial charge in [0.2, 0.25) is 5.91 Å². The standard InChI is InChI=1S/C14H20N2OS/c1-2-9-18-10-8-16-14(17)13(11-15)12-6-4-3-5-7-12/h2-7,13H,1,8-11,15H2,(H,16,17). The third-order valence-electron chi connectivity index (χ3n) is 2.54. The van der Waals surface area contributed by atoms with Crippen LogP contribution in [0.15, 0.2) is 43.0 Å². The number of benzene rings is 1. The fourth-order valence-electron chi connectivity index (χ4n) is 1.62. The highest BCUT2D eigenvalue weighted by molar-refractivity contribution is 7.99. The molecule has 0 heterocycles. The second kappa shape index (κ2) is 8.78. The van der Waals surface area contributed by atoms with Crippen molar-refractivity contribution >= 4 is 17.7 Å². The largest absolute Gasteiger partial charge is 0.355 e. The van der Waals surface area contributed by atoms with Gasteiger partial charge in [0, 0.05) is 24.6 Å². The molecule has 1 aromatic rings. The van der Waals surface area contributed by atoms with Crippen LogP contribution in [0.3, 0.4) is 0 Å². The van der Waals surface area contributed by atoms with Crippen LogP contribution in [0.25, 0.3) is 0 Å². The van der Waals surface area contributed by atoms with Gasteiger partial charge < -0.3 is 11.1 Å². The van der Waals surface area contributed by atoms with Crippen molar-refractivity contribution in [1.29, 1.82) is 0 Å². The molecule has 0 spiro atoms. The lowest BCUT2D eigenvalue weighted by molar-refractivity contribution is -0.122. The molecule has 0 aliphatic heterocycles. The Morgan fingerprint density at radius 3 is 2.78 bits per heavy atom. The highest BCUT2D eigenvalue weighted by Crippen LogP contribution is 2.14. The van der Waals surface area contributed by atoms with Crippen molar-refractivity contribution in [3.8, 4) is 0 Å². The van der Waals surface area contributed by atoms with Crippen LogP contribution in [-0.4, -0.2) is 30.5 Å². The molecular formula is C14H20N2OS. The van der Waals surface area contributed by atoms with Crippen LogP contribution < -0.4 is 11.1 Å². The van der Waals surface area contributed by atoms with Crippen molar-refractivity contribution in [2.24, 2.45) is 5.73 Å². The first-order valence-electron chi connectivity index (χ1n) is 6.01. The second-order valence-corrected chi connectivity index (χ2v) is 5.00. The Bertz CT molecular complexity index is 367. The number of thioether (sulfide) groups is 1. The number of amides is 1.